The van der Waals surface area contributed by atoms with Gasteiger partial charge in [0.1, 0.15) is 5.52 Å². The summed E-state index contributed by atoms with van der Waals surface area (Å²) in [6, 6.07) is 20.4. The minimum absolute atomic E-state index is 0.509. The van der Waals surface area contributed by atoms with E-state index in [1.165, 1.54) is 0 Å². The highest BCUT2D eigenvalue weighted by Gasteiger charge is 2.17. The first kappa shape index (κ1) is 21.2. The Morgan fingerprint density at radius 3 is 2.50 bits per heavy atom. The molecule has 164 valence electrons. The lowest BCUT2D eigenvalue weighted by molar-refractivity contribution is 0.966. The predicted molar refractivity (Wildman–Crippen MR) is 135 cm³/mol. The quantitative estimate of drug-likeness (QED) is 0.371. The van der Waals surface area contributed by atoms with Crippen LogP contribution in [-0.2, 0) is 6.42 Å². The van der Waals surface area contributed by atoms with E-state index < -0.39 is 0 Å². The van der Waals surface area contributed by atoms with Crippen LogP contribution in [0.15, 0.2) is 73.2 Å². The van der Waals surface area contributed by atoms with Gasteiger partial charge in [0.25, 0.3) is 0 Å². The smallest absolute Gasteiger partial charge is 0.210 e. The molecule has 5 aromatic rings. The molecule has 6 heteroatoms. The van der Waals surface area contributed by atoms with E-state index in [2.05, 4.69) is 62.8 Å². The highest BCUT2D eigenvalue weighted by Crippen LogP contribution is 2.31. The summed E-state index contributed by atoms with van der Waals surface area (Å²) < 4.78 is 2.16. The van der Waals surface area contributed by atoms with E-state index in [1.807, 2.05) is 49.5 Å². The number of nitrogens with zero attached hydrogens (tertiary/aromatic N) is 6. The first-order valence-corrected chi connectivity index (χ1v) is 11.0. The van der Waals surface area contributed by atoms with Crippen LogP contribution in [0.4, 0.5) is 5.95 Å². The molecule has 0 radical (unpaired) electrons. The maximum absolute atomic E-state index is 8.89. The molecule has 0 atom stereocenters. The van der Waals surface area contributed by atoms with Gasteiger partial charge < -0.3 is 4.90 Å². The van der Waals surface area contributed by atoms with Crippen LogP contribution in [0.5, 0.6) is 0 Å². The first-order valence-electron chi connectivity index (χ1n) is 11.0. The molecule has 3 heterocycles. The van der Waals surface area contributed by atoms with E-state index in [-0.39, 0.29) is 0 Å². The molecular weight excluding hydrogens is 420 g/mol. The van der Waals surface area contributed by atoms with Crippen molar-refractivity contribution in [3.63, 3.8) is 0 Å². The Morgan fingerprint density at radius 1 is 0.941 bits per heavy atom. The number of imidazole rings is 1. The minimum Gasteiger partial charge on any atom is -0.348 e. The largest absolute Gasteiger partial charge is 0.348 e. The van der Waals surface area contributed by atoms with Gasteiger partial charge in [0.2, 0.25) is 5.95 Å². The fraction of sp³-hybridized carbons (Fsp3) is 0.143. The Kier molecular flexibility index (Phi) is 5.64. The second-order valence-corrected chi connectivity index (χ2v) is 8.18. The lowest BCUT2D eigenvalue weighted by Gasteiger charge is -2.16. The summed E-state index contributed by atoms with van der Waals surface area (Å²) in [4.78, 5) is 15.6. The number of pyridine rings is 2. The first-order chi connectivity index (χ1) is 16.6. The maximum Gasteiger partial charge on any atom is 0.210 e. The highest BCUT2D eigenvalue weighted by atomic mass is 15.3. The van der Waals surface area contributed by atoms with Crippen LogP contribution in [0.1, 0.15) is 23.1 Å². The Balaban J connectivity index is 1.69. The molecule has 0 aliphatic rings. The van der Waals surface area contributed by atoms with E-state index >= 15 is 0 Å². The third kappa shape index (κ3) is 4.05. The Morgan fingerprint density at radius 2 is 1.76 bits per heavy atom. The third-order valence-corrected chi connectivity index (χ3v) is 5.60. The number of benzene rings is 2. The van der Waals surface area contributed by atoms with Crippen LogP contribution in [0.25, 0.3) is 27.6 Å². The average Bonchev–Trinajstić information content (AvgIpc) is 3.28. The van der Waals surface area contributed by atoms with Gasteiger partial charge in [-0.2, -0.15) is 5.26 Å². The molecule has 0 saturated carbocycles. The van der Waals surface area contributed by atoms with Crippen molar-refractivity contribution in [3.8, 4) is 23.6 Å². The van der Waals surface area contributed by atoms with E-state index in [0.717, 1.165) is 56.7 Å². The summed E-state index contributed by atoms with van der Waals surface area (Å²) in [5, 5.41) is 9.88. The van der Waals surface area contributed by atoms with Crippen molar-refractivity contribution in [2.75, 3.05) is 19.0 Å². The number of aromatic nitrogens is 4. The molecule has 0 unspecified atom stereocenters. The van der Waals surface area contributed by atoms with Crippen LogP contribution < -0.4 is 4.90 Å². The van der Waals surface area contributed by atoms with Gasteiger partial charge in [0.05, 0.1) is 23.3 Å². The molecule has 5 rings (SSSR count). The summed E-state index contributed by atoms with van der Waals surface area (Å²) in [5.41, 5.74) is 6.61. The van der Waals surface area contributed by atoms with Crippen LogP contribution in [0, 0.1) is 23.2 Å². The molecule has 0 aliphatic heterocycles. The van der Waals surface area contributed by atoms with Crippen molar-refractivity contribution >= 4 is 27.9 Å². The van der Waals surface area contributed by atoms with Crippen molar-refractivity contribution < 1.29 is 0 Å². The van der Waals surface area contributed by atoms with Crippen LogP contribution in [0.3, 0.4) is 0 Å². The zero-order chi connectivity index (χ0) is 23.5. The summed E-state index contributed by atoms with van der Waals surface area (Å²) in [6.45, 7) is 0. The molecule has 0 N–H and O–H groups in total. The summed E-state index contributed by atoms with van der Waals surface area (Å²) in [5.74, 6) is 7.25. The van der Waals surface area contributed by atoms with Gasteiger partial charge in [-0.05, 0) is 54.4 Å². The number of hydrogen-bond donors (Lipinski definition) is 0. The number of rotatable bonds is 4. The number of aryl methyl sites for hydroxylation is 1. The maximum atomic E-state index is 8.89. The number of anilines is 1. The molecule has 34 heavy (non-hydrogen) atoms. The monoisotopic (exact) mass is 442 g/mol. The van der Waals surface area contributed by atoms with Gasteiger partial charge in [-0.25, -0.2) is 4.98 Å². The summed E-state index contributed by atoms with van der Waals surface area (Å²) in [7, 11) is 3.97. The lowest BCUT2D eigenvalue weighted by atomic mass is 10.1. The normalized spacial score (nSPS) is 10.6. The van der Waals surface area contributed by atoms with E-state index in [0.29, 0.717) is 6.42 Å². The van der Waals surface area contributed by atoms with Gasteiger partial charge in [0.15, 0.2) is 0 Å². The van der Waals surface area contributed by atoms with Crippen molar-refractivity contribution in [2.45, 2.75) is 12.8 Å². The van der Waals surface area contributed by atoms with E-state index in [4.69, 9.17) is 10.2 Å². The van der Waals surface area contributed by atoms with Crippen LogP contribution in [-0.4, -0.2) is 33.6 Å². The third-order valence-electron chi connectivity index (χ3n) is 5.60. The molecule has 6 nitrogen and oxygen atoms in total. The van der Waals surface area contributed by atoms with Crippen molar-refractivity contribution in [2.24, 2.45) is 0 Å². The zero-order valence-corrected chi connectivity index (χ0v) is 19.0. The molecule has 0 bridgehead atoms. The van der Waals surface area contributed by atoms with Gasteiger partial charge in [0, 0.05) is 55.1 Å². The molecule has 2 aromatic carbocycles. The highest BCUT2D eigenvalue weighted by molar-refractivity contribution is 6.04. The molecule has 3 aromatic heterocycles. The molecule has 0 fully saturated rings. The number of nitriles is 1. The SMILES string of the molecule is CN(C)c1nc2cnc3ccc(C#Cc4cccnc4)cc3c2n1-c1ccc(CCC#N)cc1. The molecule has 0 spiro atoms. The van der Waals surface area contributed by atoms with Gasteiger partial charge in [-0.3, -0.25) is 14.5 Å². The van der Waals surface area contributed by atoms with Crippen molar-refractivity contribution in [1.29, 1.82) is 5.26 Å². The Labute approximate surface area is 198 Å². The Hall–Kier alpha value is -4.68. The molecule has 0 amide bonds. The summed E-state index contributed by atoms with van der Waals surface area (Å²) in [6.07, 6.45) is 6.57. The Bertz CT molecular complexity index is 1580. The number of fused-ring (bicyclic) bond motifs is 3. The lowest BCUT2D eigenvalue weighted by Crippen LogP contribution is -2.14. The van der Waals surface area contributed by atoms with Gasteiger partial charge >= 0.3 is 0 Å². The topological polar surface area (TPSA) is 70.6 Å². The second kappa shape index (κ2) is 9.05. The number of hydrogen-bond acceptors (Lipinski definition) is 5. The predicted octanol–water partition coefficient (Wildman–Crippen LogP) is 4.89. The van der Waals surface area contributed by atoms with Gasteiger partial charge in [-0.1, -0.05) is 24.0 Å². The van der Waals surface area contributed by atoms with E-state index in [1.54, 1.807) is 12.4 Å². The fourth-order valence-corrected chi connectivity index (χ4v) is 3.96. The zero-order valence-electron chi connectivity index (χ0n) is 19.0. The minimum atomic E-state index is 0.509. The average molecular weight is 443 g/mol. The van der Waals surface area contributed by atoms with Gasteiger partial charge in [-0.15, -0.1) is 0 Å². The van der Waals surface area contributed by atoms with Crippen molar-refractivity contribution in [1.82, 2.24) is 19.5 Å². The summed E-state index contributed by atoms with van der Waals surface area (Å²) >= 11 is 0. The molecule has 0 saturated heterocycles. The fourth-order valence-electron chi connectivity index (χ4n) is 3.96. The standard InChI is InChI=1S/C28H22N6/c1-33(2)28-32-26-19-31-25-14-11-21(7-8-22-6-4-16-30-18-22)17-24(25)27(26)34(28)23-12-9-20(10-13-23)5-3-15-29/h4,6,9-14,16-19H,3,5H2,1-2H3. The second-order valence-electron chi connectivity index (χ2n) is 8.18. The van der Waals surface area contributed by atoms with Crippen LogP contribution in [0.2, 0.25) is 0 Å². The molecular formula is C28H22N6. The van der Waals surface area contributed by atoms with E-state index in [9.17, 15) is 0 Å². The molecule has 0 aliphatic carbocycles. The van der Waals surface area contributed by atoms with Crippen LogP contribution >= 0.6 is 0 Å². The van der Waals surface area contributed by atoms with Crippen molar-refractivity contribution in [3.05, 3.63) is 89.9 Å².